The molecule has 72 valence electrons. The average molecular weight is 190 g/mol. The number of hydrogen-bond donors (Lipinski definition) is 0. The van der Waals surface area contributed by atoms with Crippen molar-refractivity contribution in [1.29, 1.82) is 0 Å². The van der Waals surface area contributed by atoms with Crippen LogP contribution >= 0.6 is 0 Å². The van der Waals surface area contributed by atoms with Crippen molar-refractivity contribution in [3.05, 3.63) is 0 Å². The van der Waals surface area contributed by atoms with Gasteiger partial charge in [-0.05, 0) is 19.1 Å². The second-order valence-electron chi connectivity index (χ2n) is 3.70. The van der Waals surface area contributed by atoms with Crippen LogP contribution in [0.2, 0.25) is 19.1 Å². The standard InChI is InChI=1S/C8H18O3Si/c1-4-12(2,3)11-6-8-5-9-7-10-8/h8H,4-7H2,1-3H3. The Bertz CT molecular complexity index is 132. The number of hydrogen-bond acceptors (Lipinski definition) is 3. The van der Waals surface area contributed by atoms with E-state index >= 15 is 0 Å². The summed E-state index contributed by atoms with van der Waals surface area (Å²) in [6.45, 7) is 8.45. The lowest BCUT2D eigenvalue weighted by atomic mass is 10.4. The van der Waals surface area contributed by atoms with Crippen molar-refractivity contribution in [2.45, 2.75) is 32.2 Å². The van der Waals surface area contributed by atoms with E-state index in [1.54, 1.807) is 0 Å². The highest BCUT2D eigenvalue weighted by Crippen LogP contribution is 2.12. The minimum Gasteiger partial charge on any atom is -0.415 e. The molecule has 1 atom stereocenters. The SMILES string of the molecule is CC[Si](C)(C)OCC1COCO1. The molecule has 1 aliphatic rings. The van der Waals surface area contributed by atoms with Crippen LogP contribution in [-0.4, -0.2) is 34.4 Å². The normalized spacial score (nSPS) is 24.8. The van der Waals surface area contributed by atoms with E-state index in [9.17, 15) is 0 Å². The minimum absolute atomic E-state index is 0.170. The monoisotopic (exact) mass is 190 g/mol. The molecule has 12 heavy (non-hydrogen) atoms. The second kappa shape index (κ2) is 4.37. The zero-order chi connectivity index (χ0) is 9.03. The van der Waals surface area contributed by atoms with Gasteiger partial charge in [0.1, 0.15) is 12.9 Å². The van der Waals surface area contributed by atoms with E-state index in [2.05, 4.69) is 20.0 Å². The summed E-state index contributed by atoms with van der Waals surface area (Å²) in [6, 6.07) is 1.15. The van der Waals surface area contributed by atoms with Crippen molar-refractivity contribution in [2.24, 2.45) is 0 Å². The molecular formula is C8H18O3Si. The highest BCUT2D eigenvalue weighted by molar-refractivity contribution is 6.71. The van der Waals surface area contributed by atoms with Crippen molar-refractivity contribution >= 4 is 8.32 Å². The van der Waals surface area contributed by atoms with E-state index in [1.165, 1.54) is 0 Å². The minimum atomic E-state index is -1.38. The third kappa shape index (κ3) is 3.22. The summed E-state index contributed by atoms with van der Waals surface area (Å²) in [5, 5.41) is 0. The lowest BCUT2D eigenvalue weighted by Gasteiger charge is -2.22. The molecule has 1 saturated heterocycles. The van der Waals surface area contributed by atoms with Crippen LogP contribution in [0.15, 0.2) is 0 Å². The summed E-state index contributed by atoms with van der Waals surface area (Å²) in [5.41, 5.74) is 0. The quantitative estimate of drug-likeness (QED) is 0.630. The van der Waals surface area contributed by atoms with Gasteiger partial charge in [0, 0.05) is 0 Å². The average Bonchev–Trinajstić information content (AvgIpc) is 2.53. The van der Waals surface area contributed by atoms with Gasteiger partial charge < -0.3 is 13.9 Å². The van der Waals surface area contributed by atoms with Crippen molar-refractivity contribution in [3.8, 4) is 0 Å². The fourth-order valence-electron chi connectivity index (χ4n) is 0.889. The maximum atomic E-state index is 5.80. The molecule has 1 fully saturated rings. The lowest BCUT2D eigenvalue weighted by molar-refractivity contribution is 0.0307. The van der Waals surface area contributed by atoms with Gasteiger partial charge in [-0.3, -0.25) is 0 Å². The second-order valence-corrected chi connectivity index (χ2v) is 8.22. The van der Waals surface area contributed by atoms with Gasteiger partial charge in [-0.2, -0.15) is 0 Å². The van der Waals surface area contributed by atoms with Gasteiger partial charge >= 0.3 is 0 Å². The topological polar surface area (TPSA) is 27.7 Å². The first kappa shape index (κ1) is 10.2. The maximum Gasteiger partial charge on any atom is 0.186 e. The molecule has 0 saturated carbocycles. The molecule has 0 spiro atoms. The Kier molecular flexibility index (Phi) is 3.70. The highest BCUT2D eigenvalue weighted by Gasteiger charge is 2.23. The number of ether oxygens (including phenoxy) is 2. The molecule has 4 heteroatoms. The Hall–Kier alpha value is 0.0969. The third-order valence-electron chi connectivity index (χ3n) is 2.20. The van der Waals surface area contributed by atoms with Crippen LogP contribution in [0.1, 0.15) is 6.92 Å². The van der Waals surface area contributed by atoms with E-state index in [0.717, 1.165) is 6.04 Å². The zero-order valence-electron chi connectivity index (χ0n) is 8.13. The molecular weight excluding hydrogens is 172 g/mol. The largest absolute Gasteiger partial charge is 0.415 e. The van der Waals surface area contributed by atoms with E-state index < -0.39 is 8.32 Å². The molecule has 0 aromatic carbocycles. The van der Waals surface area contributed by atoms with Gasteiger partial charge in [-0.25, -0.2) is 0 Å². The maximum absolute atomic E-state index is 5.80. The molecule has 1 rings (SSSR count). The molecule has 0 aromatic rings. The van der Waals surface area contributed by atoms with Crippen LogP contribution in [0, 0.1) is 0 Å². The van der Waals surface area contributed by atoms with Crippen LogP contribution < -0.4 is 0 Å². The fourth-order valence-corrected chi connectivity index (χ4v) is 1.73. The Labute approximate surface area is 75.1 Å². The van der Waals surface area contributed by atoms with Crippen molar-refractivity contribution in [3.63, 3.8) is 0 Å². The molecule has 0 aromatic heterocycles. The summed E-state index contributed by atoms with van der Waals surface area (Å²) >= 11 is 0. The number of rotatable bonds is 4. The van der Waals surface area contributed by atoms with Gasteiger partial charge in [0.2, 0.25) is 0 Å². The predicted molar refractivity (Wildman–Crippen MR) is 49.6 cm³/mol. The molecule has 1 aliphatic heterocycles. The Morgan fingerprint density at radius 2 is 2.25 bits per heavy atom. The van der Waals surface area contributed by atoms with Crippen molar-refractivity contribution in [2.75, 3.05) is 20.0 Å². The molecule has 3 nitrogen and oxygen atoms in total. The fraction of sp³-hybridized carbons (Fsp3) is 1.00. The van der Waals surface area contributed by atoms with Crippen LogP contribution in [0.25, 0.3) is 0 Å². The van der Waals surface area contributed by atoms with Gasteiger partial charge in [0.25, 0.3) is 0 Å². The summed E-state index contributed by atoms with van der Waals surface area (Å²) in [7, 11) is -1.38. The van der Waals surface area contributed by atoms with E-state index in [1.807, 2.05) is 0 Å². The Balaban J connectivity index is 2.15. The highest BCUT2D eigenvalue weighted by atomic mass is 28.4. The molecule has 0 aliphatic carbocycles. The molecule has 0 amide bonds. The molecule has 0 bridgehead atoms. The lowest BCUT2D eigenvalue weighted by Crippen LogP contribution is -2.33. The van der Waals surface area contributed by atoms with Gasteiger partial charge in [0.15, 0.2) is 8.32 Å². The van der Waals surface area contributed by atoms with Gasteiger partial charge in [0.05, 0.1) is 13.2 Å². The first-order chi connectivity index (χ1) is 5.64. The first-order valence-electron chi connectivity index (χ1n) is 4.47. The zero-order valence-corrected chi connectivity index (χ0v) is 9.13. The summed E-state index contributed by atoms with van der Waals surface area (Å²) in [4.78, 5) is 0. The molecule has 1 unspecified atom stereocenters. The van der Waals surface area contributed by atoms with Crippen LogP contribution in [-0.2, 0) is 13.9 Å². The van der Waals surface area contributed by atoms with Crippen LogP contribution in [0.5, 0.6) is 0 Å². The smallest absolute Gasteiger partial charge is 0.186 e. The molecule has 0 radical (unpaired) electrons. The Morgan fingerprint density at radius 3 is 2.75 bits per heavy atom. The van der Waals surface area contributed by atoms with E-state index in [0.29, 0.717) is 20.0 Å². The van der Waals surface area contributed by atoms with Crippen molar-refractivity contribution < 1.29 is 13.9 Å². The Morgan fingerprint density at radius 1 is 1.50 bits per heavy atom. The molecule has 0 N–H and O–H groups in total. The third-order valence-corrected chi connectivity index (χ3v) is 4.85. The summed E-state index contributed by atoms with van der Waals surface area (Å²) in [6.07, 6.45) is 0.170. The molecule has 1 heterocycles. The van der Waals surface area contributed by atoms with Crippen molar-refractivity contribution in [1.82, 2.24) is 0 Å². The van der Waals surface area contributed by atoms with E-state index in [-0.39, 0.29) is 6.10 Å². The van der Waals surface area contributed by atoms with Crippen LogP contribution in [0.4, 0.5) is 0 Å². The van der Waals surface area contributed by atoms with Gasteiger partial charge in [-0.15, -0.1) is 0 Å². The summed E-state index contributed by atoms with van der Waals surface area (Å²) in [5.74, 6) is 0. The predicted octanol–water partition coefficient (Wildman–Crippen LogP) is 1.60. The van der Waals surface area contributed by atoms with Crippen LogP contribution in [0.3, 0.4) is 0 Å². The first-order valence-corrected chi connectivity index (χ1v) is 7.59. The van der Waals surface area contributed by atoms with Gasteiger partial charge in [-0.1, -0.05) is 6.92 Å². The summed E-state index contributed by atoms with van der Waals surface area (Å²) < 4.78 is 16.1. The van der Waals surface area contributed by atoms with E-state index in [4.69, 9.17) is 13.9 Å².